The van der Waals surface area contributed by atoms with E-state index in [-0.39, 0.29) is 18.5 Å². The summed E-state index contributed by atoms with van der Waals surface area (Å²) in [5.74, 6) is -0.0699. The third-order valence-corrected chi connectivity index (χ3v) is 14.4. The molecule has 0 bridgehead atoms. The molecule has 412 valence electrons. The zero-order valence-corrected chi connectivity index (χ0v) is 47.0. The highest BCUT2D eigenvalue weighted by Gasteiger charge is 2.18. The van der Waals surface area contributed by atoms with Crippen molar-refractivity contribution in [2.75, 3.05) is 13.2 Å². The minimum absolute atomic E-state index is 0.00253. The van der Waals surface area contributed by atoms with Gasteiger partial charge in [-0.25, -0.2) is 0 Å². The molecule has 6 nitrogen and oxygen atoms in total. The van der Waals surface area contributed by atoms with Gasteiger partial charge in [0.15, 0.2) is 0 Å². The van der Waals surface area contributed by atoms with Crippen molar-refractivity contribution >= 4 is 11.9 Å². The number of esters is 1. The van der Waals surface area contributed by atoms with Crippen molar-refractivity contribution in [2.24, 2.45) is 0 Å². The molecule has 0 saturated carbocycles. The normalized spacial score (nSPS) is 12.8. The average molecular weight is 985 g/mol. The summed E-state index contributed by atoms with van der Waals surface area (Å²) in [6.07, 6.45) is 74.6. The number of carbonyl (C=O) groups excluding carboxylic acids is 2. The Kier molecular flexibility index (Phi) is 58.0. The van der Waals surface area contributed by atoms with Crippen LogP contribution in [0, 0.1) is 0 Å². The van der Waals surface area contributed by atoms with Crippen molar-refractivity contribution in [3.05, 3.63) is 36.5 Å². The number of rotatable bonds is 58. The summed E-state index contributed by atoms with van der Waals surface area (Å²) in [4.78, 5) is 24.5. The van der Waals surface area contributed by atoms with Gasteiger partial charge in [-0.15, -0.1) is 0 Å². The predicted octanol–water partition coefficient (Wildman–Crippen LogP) is 19.6. The van der Waals surface area contributed by atoms with Gasteiger partial charge >= 0.3 is 5.97 Å². The third-order valence-electron chi connectivity index (χ3n) is 14.4. The Morgan fingerprint density at radius 3 is 1.11 bits per heavy atom. The van der Waals surface area contributed by atoms with Gasteiger partial charge in [0, 0.05) is 12.8 Å². The molecule has 3 N–H and O–H groups in total. The molecule has 0 rings (SSSR count). The lowest BCUT2D eigenvalue weighted by Gasteiger charge is -2.20. The van der Waals surface area contributed by atoms with Crippen molar-refractivity contribution in [3.8, 4) is 0 Å². The SMILES string of the molecule is CCCCC/C=C\C/C=C\CCCCCCCC(=O)OCCCCCCCCCCCCCCCCCCCCCCCC(=O)NC(CO)C(O)/C=C/CCCCCCCCCCCCCCCCC. The topological polar surface area (TPSA) is 95.9 Å². The molecule has 0 aromatic heterocycles. The maximum Gasteiger partial charge on any atom is 0.305 e. The van der Waals surface area contributed by atoms with Crippen molar-refractivity contribution in [1.29, 1.82) is 0 Å². The van der Waals surface area contributed by atoms with E-state index in [2.05, 4.69) is 43.5 Å². The van der Waals surface area contributed by atoms with Crippen LogP contribution in [0.3, 0.4) is 0 Å². The van der Waals surface area contributed by atoms with E-state index in [0.29, 0.717) is 19.4 Å². The number of aliphatic hydroxyl groups is 2. The zero-order chi connectivity index (χ0) is 50.7. The molecule has 0 saturated heterocycles. The molecule has 0 radical (unpaired) electrons. The number of nitrogens with one attached hydrogen (secondary N) is 1. The highest BCUT2D eigenvalue weighted by molar-refractivity contribution is 5.76. The fraction of sp³-hybridized carbons (Fsp3) is 0.875. The first-order valence-corrected chi connectivity index (χ1v) is 31.3. The molecule has 0 aliphatic heterocycles. The molecule has 2 unspecified atom stereocenters. The predicted molar refractivity (Wildman–Crippen MR) is 306 cm³/mol. The molecule has 0 aromatic rings. The molecule has 0 heterocycles. The number of hydrogen-bond donors (Lipinski definition) is 3. The van der Waals surface area contributed by atoms with Crippen LogP contribution in [-0.4, -0.2) is 47.4 Å². The molecule has 1 amide bonds. The Bertz CT molecular complexity index is 1130. The average Bonchev–Trinajstić information content (AvgIpc) is 3.36. The van der Waals surface area contributed by atoms with Crippen LogP contribution in [-0.2, 0) is 14.3 Å². The van der Waals surface area contributed by atoms with Gasteiger partial charge in [0.2, 0.25) is 5.91 Å². The Labute approximate surface area is 436 Å². The lowest BCUT2D eigenvalue weighted by molar-refractivity contribution is -0.143. The largest absolute Gasteiger partial charge is 0.466 e. The quantitative estimate of drug-likeness (QED) is 0.0321. The molecule has 0 spiro atoms. The number of unbranched alkanes of at least 4 members (excludes halogenated alkanes) is 43. The van der Waals surface area contributed by atoms with Crippen LogP contribution < -0.4 is 5.32 Å². The second-order valence-electron chi connectivity index (χ2n) is 21.4. The summed E-state index contributed by atoms with van der Waals surface area (Å²) in [7, 11) is 0. The Morgan fingerprint density at radius 2 is 0.714 bits per heavy atom. The van der Waals surface area contributed by atoms with Crippen molar-refractivity contribution in [3.63, 3.8) is 0 Å². The van der Waals surface area contributed by atoms with Gasteiger partial charge in [0.25, 0.3) is 0 Å². The number of hydrogen-bond acceptors (Lipinski definition) is 5. The molecule has 0 fully saturated rings. The highest BCUT2D eigenvalue weighted by Crippen LogP contribution is 2.17. The molecule has 0 aliphatic rings. The molecule has 0 aliphatic carbocycles. The summed E-state index contributed by atoms with van der Waals surface area (Å²) >= 11 is 0. The van der Waals surface area contributed by atoms with E-state index in [4.69, 9.17) is 4.74 Å². The summed E-state index contributed by atoms with van der Waals surface area (Å²) in [5, 5.41) is 23.2. The van der Waals surface area contributed by atoms with E-state index in [0.717, 1.165) is 51.4 Å². The lowest BCUT2D eigenvalue weighted by Crippen LogP contribution is -2.45. The number of amides is 1. The first kappa shape index (κ1) is 68.1. The Morgan fingerprint density at radius 1 is 0.400 bits per heavy atom. The number of allylic oxidation sites excluding steroid dienone is 5. The summed E-state index contributed by atoms with van der Waals surface area (Å²) in [6.45, 7) is 4.89. The van der Waals surface area contributed by atoms with Crippen molar-refractivity contribution in [1.82, 2.24) is 5.32 Å². The van der Waals surface area contributed by atoms with Crippen LogP contribution in [0.15, 0.2) is 36.5 Å². The fourth-order valence-corrected chi connectivity index (χ4v) is 9.61. The van der Waals surface area contributed by atoms with E-state index in [1.54, 1.807) is 6.08 Å². The van der Waals surface area contributed by atoms with Gasteiger partial charge in [-0.05, 0) is 64.2 Å². The first-order chi connectivity index (χ1) is 34.5. The van der Waals surface area contributed by atoms with E-state index in [1.807, 2.05) is 6.08 Å². The van der Waals surface area contributed by atoms with E-state index < -0.39 is 12.1 Å². The number of carbonyl (C=O) groups is 2. The fourth-order valence-electron chi connectivity index (χ4n) is 9.61. The third kappa shape index (κ3) is 55.4. The van der Waals surface area contributed by atoms with Crippen LogP contribution >= 0.6 is 0 Å². The number of ether oxygens (including phenoxy) is 1. The first-order valence-electron chi connectivity index (χ1n) is 31.3. The monoisotopic (exact) mass is 984 g/mol. The van der Waals surface area contributed by atoms with Crippen molar-refractivity contribution in [2.45, 2.75) is 347 Å². The van der Waals surface area contributed by atoms with Crippen LogP contribution in [0.2, 0.25) is 0 Å². The maximum absolute atomic E-state index is 12.5. The van der Waals surface area contributed by atoms with Gasteiger partial charge in [-0.3, -0.25) is 9.59 Å². The van der Waals surface area contributed by atoms with E-state index >= 15 is 0 Å². The Hall–Kier alpha value is -1.92. The van der Waals surface area contributed by atoms with E-state index in [9.17, 15) is 19.8 Å². The minimum Gasteiger partial charge on any atom is -0.466 e. The molecular formula is C64H121NO5. The van der Waals surface area contributed by atoms with Gasteiger partial charge < -0.3 is 20.3 Å². The van der Waals surface area contributed by atoms with Crippen LogP contribution in [0.1, 0.15) is 335 Å². The van der Waals surface area contributed by atoms with E-state index in [1.165, 1.54) is 257 Å². The van der Waals surface area contributed by atoms with Gasteiger partial charge in [-0.1, -0.05) is 294 Å². The molecule has 0 aromatic carbocycles. The molecule has 6 heteroatoms. The number of aliphatic hydroxyl groups excluding tert-OH is 2. The van der Waals surface area contributed by atoms with Gasteiger partial charge in [0.05, 0.1) is 25.4 Å². The van der Waals surface area contributed by atoms with Gasteiger partial charge in [-0.2, -0.15) is 0 Å². The van der Waals surface area contributed by atoms with Gasteiger partial charge in [0.1, 0.15) is 0 Å². The lowest BCUT2D eigenvalue weighted by atomic mass is 10.0. The van der Waals surface area contributed by atoms with Crippen LogP contribution in [0.5, 0.6) is 0 Å². The van der Waals surface area contributed by atoms with Crippen LogP contribution in [0.4, 0.5) is 0 Å². The standard InChI is InChI=1S/C64H121NO5/c1-3-5-7-9-11-13-15-17-19-25-29-32-36-40-44-48-52-56-62(67)61(60-66)65-63(68)57-53-49-45-41-37-33-30-26-23-21-20-22-24-27-31-35-39-43-47-51-55-59-70-64(69)58-54-50-46-42-38-34-28-18-16-14-12-10-8-6-4-2/h12,14,18,28,52,56,61-62,66-67H,3-11,13,15-17,19-27,29-51,53-55,57-60H2,1-2H3,(H,65,68)/b14-12-,28-18-,56-52+. The smallest absolute Gasteiger partial charge is 0.305 e. The van der Waals surface area contributed by atoms with Crippen LogP contribution in [0.25, 0.3) is 0 Å². The second-order valence-corrected chi connectivity index (χ2v) is 21.4. The second kappa shape index (κ2) is 59.6. The molecule has 2 atom stereocenters. The summed E-state index contributed by atoms with van der Waals surface area (Å²) in [5.41, 5.74) is 0. The Balaban J connectivity index is 3.42. The minimum atomic E-state index is -0.846. The maximum atomic E-state index is 12.5. The summed E-state index contributed by atoms with van der Waals surface area (Å²) in [6, 6.07) is -0.629. The summed E-state index contributed by atoms with van der Waals surface area (Å²) < 4.78 is 5.48. The van der Waals surface area contributed by atoms with Crippen molar-refractivity contribution < 1.29 is 24.5 Å². The molecular weight excluding hydrogens is 863 g/mol. The molecule has 70 heavy (non-hydrogen) atoms. The highest BCUT2D eigenvalue weighted by atomic mass is 16.5. The zero-order valence-electron chi connectivity index (χ0n) is 47.0.